The number of pyridine rings is 1. The lowest BCUT2D eigenvalue weighted by molar-refractivity contribution is -0.117. The number of hydrogen-bond donors (Lipinski definition) is 1. The molecule has 132 valence electrons. The van der Waals surface area contributed by atoms with E-state index in [0.29, 0.717) is 11.6 Å². The number of piperazine rings is 1. The van der Waals surface area contributed by atoms with Gasteiger partial charge in [0.25, 0.3) is 0 Å². The number of carbonyl (C=O) groups is 1. The molecular weight excluding hydrogens is 404 g/mol. The summed E-state index contributed by atoms with van der Waals surface area (Å²) in [5.41, 5.74) is 1.90. The Labute approximate surface area is 161 Å². The van der Waals surface area contributed by atoms with E-state index in [0.717, 1.165) is 47.7 Å². The minimum atomic E-state index is 0.0171. The van der Waals surface area contributed by atoms with Gasteiger partial charge in [0.05, 0.1) is 11.6 Å². The molecule has 0 saturated carbocycles. The van der Waals surface area contributed by atoms with Gasteiger partial charge in [0, 0.05) is 42.5 Å². The Morgan fingerprint density at radius 2 is 2.00 bits per heavy atom. The third kappa shape index (κ3) is 4.93. The van der Waals surface area contributed by atoms with E-state index in [4.69, 9.17) is 11.6 Å². The van der Waals surface area contributed by atoms with Gasteiger partial charge in [0.2, 0.25) is 5.91 Å². The standard InChI is InChI=1S/C18H20BrClN4O/c1-13-10-14(19)2-4-16(13)22-18(25)12-23-6-8-24(9-7-23)17-5-3-15(20)11-21-17/h2-5,10-11H,6-9,12H2,1H3,(H,22,25). The molecule has 1 aliphatic heterocycles. The maximum atomic E-state index is 12.3. The maximum Gasteiger partial charge on any atom is 0.238 e. The number of nitrogens with one attached hydrogen (secondary N) is 1. The number of aromatic nitrogens is 1. The molecule has 5 nitrogen and oxygen atoms in total. The van der Waals surface area contributed by atoms with Crippen LogP contribution in [0.5, 0.6) is 0 Å². The summed E-state index contributed by atoms with van der Waals surface area (Å²) >= 11 is 9.31. The number of nitrogens with zero attached hydrogens (tertiary/aromatic N) is 3. The number of amides is 1. The molecular formula is C18H20BrClN4O. The largest absolute Gasteiger partial charge is 0.354 e. The average Bonchev–Trinajstić information content (AvgIpc) is 2.59. The van der Waals surface area contributed by atoms with Gasteiger partial charge in [-0.15, -0.1) is 0 Å². The normalized spacial score (nSPS) is 15.2. The predicted molar refractivity (Wildman–Crippen MR) is 105 cm³/mol. The van der Waals surface area contributed by atoms with Crippen molar-refractivity contribution >= 4 is 44.9 Å². The molecule has 1 aromatic heterocycles. The molecule has 2 aromatic rings. The van der Waals surface area contributed by atoms with Crippen LogP contribution >= 0.6 is 27.5 Å². The van der Waals surface area contributed by atoms with Crippen molar-refractivity contribution in [3.63, 3.8) is 0 Å². The Bertz CT molecular complexity index is 745. The molecule has 25 heavy (non-hydrogen) atoms. The van der Waals surface area contributed by atoms with Crippen molar-refractivity contribution in [1.29, 1.82) is 0 Å². The van der Waals surface area contributed by atoms with Crippen LogP contribution in [0.15, 0.2) is 41.0 Å². The number of hydrogen-bond acceptors (Lipinski definition) is 4. The summed E-state index contributed by atoms with van der Waals surface area (Å²) in [5.74, 6) is 0.947. The van der Waals surface area contributed by atoms with Crippen molar-refractivity contribution in [2.75, 3.05) is 42.9 Å². The smallest absolute Gasteiger partial charge is 0.238 e. The first-order valence-corrected chi connectivity index (χ1v) is 9.33. The van der Waals surface area contributed by atoms with Crippen LogP contribution in [-0.4, -0.2) is 48.5 Å². The molecule has 1 fully saturated rings. The SMILES string of the molecule is Cc1cc(Br)ccc1NC(=O)CN1CCN(c2ccc(Cl)cn2)CC1. The fourth-order valence-corrected chi connectivity index (χ4v) is 3.44. The van der Waals surface area contributed by atoms with E-state index in [9.17, 15) is 4.79 Å². The van der Waals surface area contributed by atoms with Gasteiger partial charge in [-0.3, -0.25) is 9.69 Å². The van der Waals surface area contributed by atoms with Gasteiger partial charge in [-0.05, 0) is 42.8 Å². The minimum Gasteiger partial charge on any atom is -0.354 e. The van der Waals surface area contributed by atoms with Crippen LogP contribution in [0, 0.1) is 6.92 Å². The van der Waals surface area contributed by atoms with Gasteiger partial charge < -0.3 is 10.2 Å². The second-order valence-corrected chi connectivity index (χ2v) is 7.46. The summed E-state index contributed by atoms with van der Waals surface area (Å²) < 4.78 is 1.01. The summed E-state index contributed by atoms with van der Waals surface area (Å²) in [5, 5.41) is 3.63. The van der Waals surface area contributed by atoms with E-state index >= 15 is 0 Å². The minimum absolute atomic E-state index is 0.0171. The first kappa shape index (κ1) is 18.2. The van der Waals surface area contributed by atoms with Crippen LogP contribution < -0.4 is 10.2 Å². The highest BCUT2D eigenvalue weighted by Gasteiger charge is 2.20. The number of halogens is 2. The quantitative estimate of drug-likeness (QED) is 0.817. The van der Waals surface area contributed by atoms with E-state index < -0.39 is 0 Å². The summed E-state index contributed by atoms with van der Waals surface area (Å²) in [6, 6.07) is 9.63. The third-order valence-electron chi connectivity index (χ3n) is 4.24. The molecule has 1 N–H and O–H groups in total. The molecule has 1 aliphatic rings. The van der Waals surface area contributed by atoms with E-state index in [1.54, 1.807) is 6.20 Å². The third-order valence-corrected chi connectivity index (χ3v) is 4.95. The number of rotatable bonds is 4. The zero-order valence-corrected chi connectivity index (χ0v) is 16.3. The lowest BCUT2D eigenvalue weighted by Gasteiger charge is -2.35. The van der Waals surface area contributed by atoms with Crippen LogP contribution in [0.2, 0.25) is 5.02 Å². The molecule has 2 heterocycles. The Morgan fingerprint density at radius 3 is 2.64 bits per heavy atom. The number of anilines is 2. The van der Waals surface area contributed by atoms with Gasteiger partial charge in [0.1, 0.15) is 5.82 Å². The average molecular weight is 424 g/mol. The zero-order valence-electron chi connectivity index (χ0n) is 14.0. The van der Waals surface area contributed by atoms with Gasteiger partial charge in [0.15, 0.2) is 0 Å². The van der Waals surface area contributed by atoms with Crippen molar-refractivity contribution in [1.82, 2.24) is 9.88 Å². The molecule has 0 aliphatic carbocycles. The van der Waals surface area contributed by atoms with Gasteiger partial charge in [-0.25, -0.2) is 4.98 Å². The Morgan fingerprint density at radius 1 is 1.24 bits per heavy atom. The molecule has 0 radical (unpaired) electrons. The van der Waals surface area contributed by atoms with Crippen LogP contribution in [0.3, 0.4) is 0 Å². The summed E-state index contributed by atoms with van der Waals surface area (Å²) in [7, 11) is 0. The Kier molecular flexibility index (Phi) is 5.93. The van der Waals surface area contributed by atoms with Crippen LogP contribution in [-0.2, 0) is 4.79 Å². The Balaban J connectivity index is 1.50. The predicted octanol–water partition coefficient (Wildman–Crippen LogP) is 3.57. The Hall–Kier alpha value is -1.63. The van der Waals surface area contributed by atoms with Crippen molar-refractivity contribution in [3.05, 3.63) is 51.6 Å². The van der Waals surface area contributed by atoms with E-state index in [-0.39, 0.29) is 5.91 Å². The van der Waals surface area contributed by atoms with E-state index in [1.165, 1.54) is 0 Å². The van der Waals surface area contributed by atoms with E-state index in [2.05, 4.69) is 36.0 Å². The zero-order chi connectivity index (χ0) is 17.8. The molecule has 3 rings (SSSR count). The number of carbonyl (C=O) groups excluding carboxylic acids is 1. The van der Waals surface area contributed by atoms with Crippen LogP contribution in [0.25, 0.3) is 0 Å². The highest BCUT2D eigenvalue weighted by atomic mass is 79.9. The summed E-state index contributed by atoms with van der Waals surface area (Å²) in [6.07, 6.45) is 1.66. The highest BCUT2D eigenvalue weighted by molar-refractivity contribution is 9.10. The van der Waals surface area contributed by atoms with Gasteiger partial charge >= 0.3 is 0 Å². The maximum absolute atomic E-state index is 12.3. The molecule has 1 saturated heterocycles. The summed E-state index contributed by atoms with van der Waals surface area (Å²) in [4.78, 5) is 21.0. The number of benzene rings is 1. The lowest BCUT2D eigenvalue weighted by Crippen LogP contribution is -2.48. The lowest BCUT2D eigenvalue weighted by atomic mass is 10.2. The molecule has 1 amide bonds. The first-order chi connectivity index (χ1) is 12.0. The van der Waals surface area contributed by atoms with Gasteiger partial charge in [-0.1, -0.05) is 27.5 Å². The van der Waals surface area contributed by atoms with Crippen molar-refractivity contribution in [2.24, 2.45) is 0 Å². The van der Waals surface area contributed by atoms with Gasteiger partial charge in [-0.2, -0.15) is 0 Å². The van der Waals surface area contributed by atoms with Crippen molar-refractivity contribution < 1.29 is 4.79 Å². The first-order valence-electron chi connectivity index (χ1n) is 8.16. The molecule has 0 spiro atoms. The highest BCUT2D eigenvalue weighted by Crippen LogP contribution is 2.20. The number of aryl methyl sites for hydroxylation is 1. The fourth-order valence-electron chi connectivity index (χ4n) is 2.85. The fraction of sp³-hybridized carbons (Fsp3) is 0.333. The van der Waals surface area contributed by atoms with Crippen molar-refractivity contribution in [3.8, 4) is 0 Å². The molecule has 0 unspecified atom stereocenters. The monoisotopic (exact) mass is 422 g/mol. The topological polar surface area (TPSA) is 48.5 Å². The van der Waals surface area contributed by atoms with Crippen LogP contribution in [0.1, 0.15) is 5.56 Å². The van der Waals surface area contributed by atoms with Crippen molar-refractivity contribution in [2.45, 2.75) is 6.92 Å². The molecule has 0 atom stereocenters. The van der Waals surface area contributed by atoms with E-state index in [1.807, 2.05) is 37.3 Å². The van der Waals surface area contributed by atoms with Crippen LogP contribution in [0.4, 0.5) is 11.5 Å². The second-order valence-electron chi connectivity index (χ2n) is 6.11. The second kappa shape index (κ2) is 8.17. The molecule has 7 heteroatoms. The molecule has 1 aromatic carbocycles. The molecule has 0 bridgehead atoms. The summed E-state index contributed by atoms with van der Waals surface area (Å²) in [6.45, 7) is 5.74.